The van der Waals surface area contributed by atoms with Crippen LogP contribution < -0.4 is 4.90 Å². The van der Waals surface area contributed by atoms with E-state index in [9.17, 15) is 4.79 Å². The first-order chi connectivity index (χ1) is 12.0. The molecule has 1 aliphatic rings. The second-order valence-electron chi connectivity index (χ2n) is 6.95. The van der Waals surface area contributed by atoms with Gasteiger partial charge in [0.2, 0.25) is 5.91 Å². The number of benzene rings is 1. The van der Waals surface area contributed by atoms with E-state index in [1.807, 2.05) is 26.0 Å². The third kappa shape index (κ3) is 4.41. The van der Waals surface area contributed by atoms with E-state index in [1.54, 1.807) is 11.3 Å². The molecule has 2 heterocycles. The fourth-order valence-corrected chi connectivity index (χ4v) is 4.27. The highest BCUT2D eigenvalue weighted by atomic mass is 32.1. The predicted octanol–water partition coefficient (Wildman–Crippen LogP) is 3.61. The van der Waals surface area contributed by atoms with Gasteiger partial charge in [-0.2, -0.15) is 0 Å². The van der Waals surface area contributed by atoms with Crippen LogP contribution in [0.2, 0.25) is 0 Å². The minimum absolute atomic E-state index is 0.195. The maximum absolute atomic E-state index is 12.7. The maximum Gasteiger partial charge on any atom is 0.236 e. The lowest BCUT2D eigenvalue weighted by Gasteiger charge is -2.26. The van der Waals surface area contributed by atoms with Crippen LogP contribution in [0.4, 0.5) is 5.69 Å². The molecular weight excluding hydrogens is 330 g/mol. The Morgan fingerprint density at radius 1 is 1.20 bits per heavy atom. The standard InChI is InChI=1S/C20H27N3OS/c1-21(2)17-10-8-16(9-11-17)14-22(3)20(24)15-23-12-4-6-18(23)19-7-5-13-25-19/h5,7-11,13,18H,4,6,12,14-15H2,1-3H3. The van der Waals surface area contributed by atoms with Crippen LogP contribution in [0.1, 0.15) is 29.3 Å². The summed E-state index contributed by atoms with van der Waals surface area (Å²) in [5, 5.41) is 2.12. The molecule has 0 N–H and O–H groups in total. The van der Waals surface area contributed by atoms with Crippen LogP contribution in [-0.2, 0) is 11.3 Å². The molecule has 134 valence electrons. The third-order valence-corrected chi connectivity index (χ3v) is 5.85. The molecule has 3 rings (SSSR count). The zero-order chi connectivity index (χ0) is 17.8. The second kappa shape index (κ2) is 8.02. The first kappa shape index (κ1) is 18.0. The van der Waals surface area contributed by atoms with Crippen molar-refractivity contribution in [1.82, 2.24) is 9.80 Å². The highest BCUT2D eigenvalue weighted by Gasteiger charge is 2.28. The number of hydrogen-bond donors (Lipinski definition) is 0. The first-order valence-corrected chi connectivity index (χ1v) is 9.70. The molecule has 0 bridgehead atoms. The van der Waals surface area contributed by atoms with Crippen molar-refractivity contribution in [2.75, 3.05) is 39.1 Å². The van der Waals surface area contributed by atoms with Crippen molar-refractivity contribution in [2.24, 2.45) is 0 Å². The zero-order valence-electron chi connectivity index (χ0n) is 15.3. The van der Waals surface area contributed by atoms with Crippen LogP contribution in [0, 0.1) is 0 Å². The minimum atomic E-state index is 0.195. The van der Waals surface area contributed by atoms with Gasteiger partial charge in [-0.15, -0.1) is 11.3 Å². The molecule has 1 aromatic heterocycles. The third-order valence-electron chi connectivity index (χ3n) is 4.87. The Labute approximate surface area is 154 Å². The summed E-state index contributed by atoms with van der Waals surface area (Å²) in [7, 11) is 5.97. The van der Waals surface area contributed by atoms with Crippen molar-refractivity contribution in [1.29, 1.82) is 0 Å². The van der Waals surface area contributed by atoms with Gasteiger partial charge in [-0.1, -0.05) is 18.2 Å². The second-order valence-corrected chi connectivity index (χ2v) is 7.93. The van der Waals surface area contributed by atoms with E-state index in [4.69, 9.17) is 0 Å². The molecule has 1 atom stereocenters. The largest absolute Gasteiger partial charge is 0.378 e. The lowest BCUT2D eigenvalue weighted by atomic mass is 10.2. The number of carbonyl (C=O) groups is 1. The molecule has 5 heteroatoms. The number of hydrogen-bond acceptors (Lipinski definition) is 4. The Balaban J connectivity index is 1.57. The number of anilines is 1. The maximum atomic E-state index is 12.7. The van der Waals surface area contributed by atoms with Crippen LogP contribution in [0.15, 0.2) is 41.8 Å². The average Bonchev–Trinajstić information content (AvgIpc) is 3.26. The van der Waals surface area contributed by atoms with Crippen molar-refractivity contribution >= 4 is 22.9 Å². The zero-order valence-corrected chi connectivity index (χ0v) is 16.1. The van der Waals surface area contributed by atoms with Crippen LogP contribution in [0.5, 0.6) is 0 Å². The van der Waals surface area contributed by atoms with E-state index in [2.05, 4.69) is 51.6 Å². The molecular formula is C20H27N3OS. The summed E-state index contributed by atoms with van der Waals surface area (Å²) in [5.74, 6) is 0.195. The highest BCUT2D eigenvalue weighted by Crippen LogP contribution is 2.34. The van der Waals surface area contributed by atoms with Crippen LogP contribution in [-0.4, -0.2) is 49.9 Å². The number of likely N-dealkylation sites (N-methyl/N-ethyl adjacent to an activating group) is 1. The number of thiophene rings is 1. The molecule has 4 nitrogen and oxygen atoms in total. The van der Waals surface area contributed by atoms with Gasteiger partial charge in [0.1, 0.15) is 0 Å². The van der Waals surface area contributed by atoms with Gasteiger partial charge >= 0.3 is 0 Å². The average molecular weight is 358 g/mol. The van der Waals surface area contributed by atoms with Gasteiger partial charge in [0.05, 0.1) is 6.54 Å². The number of rotatable bonds is 6. The summed E-state index contributed by atoms with van der Waals surface area (Å²) >= 11 is 1.80. The van der Waals surface area contributed by atoms with Crippen molar-refractivity contribution < 1.29 is 4.79 Å². The van der Waals surface area contributed by atoms with E-state index in [0.717, 1.165) is 18.5 Å². The Bertz CT molecular complexity index is 681. The fourth-order valence-electron chi connectivity index (χ4n) is 3.37. The fraction of sp³-hybridized carbons (Fsp3) is 0.450. The van der Waals surface area contributed by atoms with E-state index in [-0.39, 0.29) is 5.91 Å². The number of amides is 1. The van der Waals surface area contributed by atoms with Crippen molar-refractivity contribution in [3.8, 4) is 0 Å². The SMILES string of the molecule is CN(Cc1ccc(N(C)C)cc1)C(=O)CN1CCCC1c1cccs1. The van der Waals surface area contributed by atoms with Gasteiger partial charge in [0, 0.05) is 44.3 Å². The lowest BCUT2D eigenvalue weighted by molar-refractivity contribution is -0.131. The molecule has 1 unspecified atom stereocenters. The molecule has 1 aromatic carbocycles. The van der Waals surface area contributed by atoms with Crippen LogP contribution >= 0.6 is 11.3 Å². The van der Waals surface area contributed by atoms with Gasteiger partial charge < -0.3 is 9.80 Å². The van der Waals surface area contributed by atoms with Crippen LogP contribution in [0.25, 0.3) is 0 Å². The summed E-state index contributed by atoms with van der Waals surface area (Å²) in [5.41, 5.74) is 2.34. The Morgan fingerprint density at radius 2 is 1.96 bits per heavy atom. The van der Waals surface area contributed by atoms with Gasteiger partial charge in [-0.25, -0.2) is 0 Å². The molecule has 1 fully saturated rings. The quantitative estimate of drug-likeness (QED) is 0.790. The summed E-state index contributed by atoms with van der Waals surface area (Å²) in [6, 6.07) is 13.1. The van der Waals surface area contributed by atoms with Crippen molar-refractivity contribution in [3.63, 3.8) is 0 Å². The van der Waals surface area contributed by atoms with E-state index in [0.29, 0.717) is 19.1 Å². The van der Waals surface area contributed by atoms with E-state index < -0.39 is 0 Å². The summed E-state index contributed by atoms with van der Waals surface area (Å²) in [6.45, 7) is 2.18. The first-order valence-electron chi connectivity index (χ1n) is 8.82. The molecule has 1 aliphatic heterocycles. The Morgan fingerprint density at radius 3 is 2.60 bits per heavy atom. The summed E-state index contributed by atoms with van der Waals surface area (Å²) in [4.78, 5) is 20.3. The molecule has 0 spiro atoms. The number of likely N-dealkylation sites (tertiary alicyclic amines) is 1. The van der Waals surface area contributed by atoms with E-state index in [1.165, 1.54) is 17.0 Å². The summed E-state index contributed by atoms with van der Waals surface area (Å²) < 4.78 is 0. The normalized spacial score (nSPS) is 17.6. The van der Waals surface area contributed by atoms with Gasteiger partial charge in [0.25, 0.3) is 0 Å². The number of nitrogens with zero attached hydrogens (tertiary/aromatic N) is 3. The Kier molecular flexibility index (Phi) is 5.76. The van der Waals surface area contributed by atoms with Gasteiger partial charge in [-0.05, 0) is 48.5 Å². The number of carbonyl (C=O) groups excluding carboxylic acids is 1. The van der Waals surface area contributed by atoms with Crippen molar-refractivity contribution in [3.05, 3.63) is 52.2 Å². The molecule has 25 heavy (non-hydrogen) atoms. The molecule has 1 amide bonds. The minimum Gasteiger partial charge on any atom is -0.378 e. The van der Waals surface area contributed by atoms with Gasteiger partial charge in [0.15, 0.2) is 0 Å². The Hall–Kier alpha value is -1.85. The van der Waals surface area contributed by atoms with E-state index >= 15 is 0 Å². The lowest BCUT2D eigenvalue weighted by Crippen LogP contribution is -2.37. The summed E-state index contributed by atoms with van der Waals surface area (Å²) in [6.07, 6.45) is 2.33. The van der Waals surface area contributed by atoms with Crippen LogP contribution in [0.3, 0.4) is 0 Å². The predicted molar refractivity (Wildman–Crippen MR) is 105 cm³/mol. The van der Waals surface area contributed by atoms with Crippen molar-refractivity contribution in [2.45, 2.75) is 25.4 Å². The topological polar surface area (TPSA) is 26.8 Å². The molecule has 0 saturated carbocycles. The molecule has 0 radical (unpaired) electrons. The smallest absolute Gasteiger partial charge is 0.236 e. The monoisotopic (exact) mass is 357 g/mol. The van der Waals surface area contributed by atoms with Gasteiger partial charge in [-0.3, -0.25) is 9.69 Å². The molecule has 0 aliphatic carbocycles. The molecule has 2 aromatic rings. The molecule has 1 saturated heterocycles. The highest BCUT2D eigenvalue weighted by molar-refractivity contribution is 7.10.